The van der Waals surface area contributed by atoms with Gasteiger partial charge in [0.2, 0.25) is 5.91 Å². The maximum atomic E-state index is 12.5. The van der Waals surface area contributed by atoms with E-state index in [2.05, 4.69) is 16.7 Å². The van der Waals surface area contributed by atoms with Gasteiger partial charge in [0.15, 0.2) is 0 Å². The molecule has 0 fully saturated rings. The zero-order valence-corrected chi connectivity index (χ0v) is 14.7. The summed E-state index contributed by atoms with van der Waals surface area (Å²) in [6.07, 6.45) is 0. The van der Waals surface area contributed by atoms with Crippen molar-refractivity contribution in [3.05, 3.63) is 66.2 Å². The van der Waals surface area contributed by atoms with Crippen LogP contribution in [0.4, 0.5) is 11.4 Å². The minimum absolute atomic E-state index is 0.0983. The molecule has 0 aromatic heterocycles. The number of ether oxygens (including phenoxy) is 1. The van der Waals surface area contributed by atoms with Crippen LogP contribution >= 0.6 is 0 Å². The molecule has 4 heteroatoms. The van der Waals surface area contributed by atoms with Gasteiger partial charge in [-0.3, -0.25) is 4.79 Å². The fourth-order valence-corrected chi connectivity index (χ4v) is 2.75. The minimum Gasteiger partial charge on any atom is -0.495 e. The number of hydrogen-bond donors (Lipinski definition) is 2. The Hall–Kier alpha value is -3.01. The highest BCUT2D eigenvalue weighted by Gasteiger charge is 2.15. The zero-order chi connectivity index (χ0) is 17.8. The van der Waals surface area contributed by atoms with Gasteiger partial charge in [-0.2, -0.15) is 0 Å². The largest absolute Gasteiger partial charge is 0.495 e. The van der Waals surface area contributed by atoms with Crippen LogP contribution in [0.5, 0.6) is 5.75 Å². The summed E-state index contributed by atoms with van der Waals surface area (Å²) in [5.41, 5.74) is 2.70. The third-order valence-electron chi connectivity index (χ3n) is 4.14. The van der Waals surface area contributed by atoms with Gasteiger partial charge in [0.05, 0.1) is 12.8 Å². The van der Waals surface area contributed by atoms with Gasteiger partial charge >= 0.3 is 0 Å². The summed E-state index contributed by atoms with van der Waals surface area (Å²) in [6.45, 7) is 3.84. The Bertz CT molecular complexity index is 905. The lowest BCUT2D eigenvalue weighted by molar-refractivity contribution is -0.116. The van der Waals surface area contributed by atoms with Crippen LogP contribution in [0.1, 0.15) is 12.5 Å². The topological polar surface area (TPSA) is 50.4 Å². The van der Waals surface area contributed by atoms with Gasteiger partial charge < -0.3 is 15.4 Å². The first kappa shape index (κ1) is 16.8. The summed E-state index contributed by atoms with van der Waals surface area (Å²) in [7, 11) is 1.62. The van der Waals surface area contributed by atoms with E-state index in [9.17, 15) is 4.79 Å². The van der Waals surface area contributed by atoms with E-state index in [0.717, 1.165) is 33.5 Å². The lowest BCUT2D eigenvalue weighted by Crippen LogP contribution is -2.32. The fraction of sp³-hybridized carbons (Fsp3) is 0.190. The van der Waals surface area contributed by atoms with E-state index in [4.69, 9.17) is 4.74 Å². The lowest BCUT2D eigenvalue weighted by atomic mass is 10.1. The smallest absolute Gasteiger partial charge is 0.246 e. The Morgan fingerprint density at radius 3 is 2.52 bits per heavy atom. The summed E-state index contributed by atoms with van der Waals surface area (Å²) in [6, 6.07) is 19.4. The Labute approximate surface area is 147 Å². The summed E-state index contributed by atoms with van der Waals surface area (Å²) in [5, 5.41) is 8.43. The quantitative estimate of drug-likeness (QED) is 0.717. The zero-order valence-electron chi connectivity index (χ0n) is 14.7. The van der Waals surface area contributed by atoms with Crippen molar-refractivity contribution in [1.82, 2.24) is 0 Å². The first-order valence-electron chi connectivity index (χ1n) is 8.27. The van der Waals surface area contributed by atoms with Gasteiger partial charge in [-0.1, -0.05) is 36.4 Å². The monoisotopic (exact) mass is 334 g/mol. The molecule has 4 nitrogen and oxygen atoms in total. The molecule has 3 aromatic rings. The molecule has 0 saturated carbocycles. The van der Waals surface area contributed by atoms with Crippen molar-refractivity contribution in [2.45, 2.75) is 19.9 Å². The Morgan fingerprint density at radius 1 is 1.00 bits per heavy atom. The van der Waals surface area contributed by atoms with Crippen LogP contribution in [0.25, 0.3) is 10.8 Å². The number of hydrogen-bond acceptors (Lipinski definition) is 3. The second kappa shape index (κ2) is 7.26. The molecule has 0 aliphatic carbocycles. The number of benzene rings is 3. The van der Waals surface area contributed by atoms with E-state index in [1.165, 1.54) is 0 Å². The van der Waals surface area contributed by atoms with Crippen LogP contribution in [0, 0.1) is 6.92 Å². The van der Waals surface area contributed by atoms with Gasteiger partial charge in [0, 0.05) is 5.69 Å². The Balaban J connectivity index is 1.72. The molecule has 0 heterocycles. The van der Waals surface area contributed by atoms with E-state index in [0.29, 0.717) is 0 Å². The maximum Gasteiger partial charge on any atom is 0.246 e. The number of rotatable bonds is 5. The van der Waals surface area contributed by atoms with Gasteiger partial charge in [-0.05, 0) is 54.4 Å². The highest BCUT2D eigenvalue weighted by molar-refractivity contribution is 5.98. The summed E-state index contributed by atoms with van der Waals surface area (Å²) in [5.74, 6) is 0.620. The number of fused-ring (bicyclic) bond motifs is 1. The lowest BCUT2D eigenvalue weighted by Gasteiger charge is -2.18. The Kier molecular flexibility index (Phi) is 4.89. The van der Waals surface area contributed by atoms with Crippen LogP contribution in [0.3, 0.4) is 0 Å². The second-order valence-corrected chi connectivity index (χ2v) is 6.12. The maximum absolute atomic E-state index is 12.5. The predicted molar refractivity (Wildman–Crippen MR) is 103 cm³/mol. The van der Waals surface area contributed by atoms with Crippen molar-refractivity contribution in [3.63, 3.8) is 0 Å². The van der Waals surface area contributed by atoms with E-state index >= 15 is 0 Å². The first-order chi connectivity index (χ1) is 12.1. The van der Waals surface area contributed by atoms with Crippen LogP contribution in [0.15, 0.2) is 60.7 Å². The van der Waals surface area contributed by atoms with E-state index in [1.54, 1.807) is 7.11 Å². The number of nitrogens with one attached hydrogen (secondary N) is 2. The van der Waals surface area contributed by atoms with Crippen LogP contribution in [0.2, 0.25) is 0 Å². The average Bonchev–Trinajstić information content (AvgIpc) is 2.61. The molecular weight excluding hydrogens is 312 g/mol. The van der Waals surface area contributed by atoms with Crippen LogP contribution < -0.4 is 15.4 Å². The molecule has 2 N–H and O–H groups in total. The normalized spacial score (nSPS) is 11.8. The minimum atomic E-state index is -0.401. The number of carbonyl (C=O) groups excluding carboxylic acids is 1. The van der Waals surface area contributed by atoms with E-state index < -0.39 is 6.04 Å². The molecule has 128 valence electrons. The molecule has 1 amide bonds. The van der Waals surface area contributed by atoms with Crippen molar-refractivity contribution in [2.24, 2.45) is 0 Å². The van der Waals surface area contributed by atoms with E-state index in [1.807, 2.05) is 68.4 Å². The molecule has 0 aliphatic heterocycles. The van der Waals surface area contributed by atoms with Crippen molar-refractivity contribution in [1.29, 1.82) is 0 Å². The standard InChI is InChI=1S/C21H22N2O2/c1-14-8-11-20(25-3)19(12-14)22-15(2)21(24)23-18-10-9-16-6-4-5-7-17(16)13-18/h4-13,15,22H,1-3H3,(H,23,24)/t15-/m0/s1. The molecule has 3 rings (SSSR count). The van der Waals surface area contributed by atoms with Crippen molar-refractivity contribution in [3.8, 4) is 5.75 Å². The molecule has 0 unspecified atom stereocenters. The molecule has 0 radical (unpaired) electrons. The van der Waals surface area contributed by atoms with Crippen LogP contribution in [-0.4, -0.2) is 19.1 Å². The highest BCUT2D eigenvalue weighted by atomic mass is 16.5. The average molecular weight is 334 g/mol. The summed E-state index contributed by atoms with van der Waals surface area (Å²) in [4.78, 5) is 12.5. The number of amides is 1. The number of aryl methyl sites for hydroxylation is 1. The predicted octanol–water partition coefficient (Wildman–Crippen LogP) is 4.60. The highest BCUT2D eigenvalue weighted by Crippen LogP contribution is 2.26. The Morgan fingerprint density at radius 2 is 1.76 bits per heavy atom. The number of carbonyl (C=O) groups is 1. The van der Waals surface area contributed by atoms with Gasteiger partial charge in [0.1, 0.15) is 11.8 Å². The summed E-state index contributed by atoms with van der Waals surface area (Å²) < 4.78 is 5.35. The molecule has 0 bridgehead atoms. The SMILES string of the molecule is COc1ccc(C)cc1N[C@@H](C)C(=O)Nc1ccc2ccccc2c1. The number of methoxy groups -OCH3 is 1. The molecule has 0 saturated heterocycles. The summed E-state index contributed by atoms with van der Waals surface area (Å²) >= 11 is 0. The van der Waals surface area contributed by atoms with Gasteiger partial charge in [0.25, 0.3) is 0 Å². The molecular formula is C21H22N2O2. The third kappa shape index (κ3) is 3.91. The van der Waals surface area contributed by atoms with Crippen LogP contribution in [-0.2, 0) is 4.79 Å². The molecule has 0 aliphatic rings. The fourth-order valence-electron chi connectivity index (χ4n) is 2.75. The second-order valence-electron chi connectivity index (χ2n) is 6.12. The first-order valence-corrected chi connectivity index (χ1v) is 8.27. The van der Waals surface area contributed by atoms with E-state index in [-0.39, 0.29) is 5.91 Å². The molecule has 25 heavy (non-hydrogen) atoms. The number of anilines is 2. The van der Waals surface area contributed by atoms with Crippen molar-refractivity contribution in [2.75, 3.05) is 17.7 Å². The van der Waals surface area contributed by atoms with Crippen molar-refractivity contribution < 1.29 is 9.53 Å². The molecule has 1 atom stereocenters. The van der Waals surface area contributed by atoms with Gasteiger partial charge in [-0.25, -0.2) is 0 Å². The van der Waals surface area contributed by atoms with Gasteiger partial charge in [-0.15, -0.1) is 0 Å². The van der Waals surface area contributed by atoms with Crippen molar-refractivity contribution >= 4 is 28.1 Å². The molecule has 0 spiro atoms. The third-order valence-corrected chi connectivity index (χ3v) is 4.14. The molecule has 3 aromatic carbocycles.